The Morgan fingerprint density at radius 2 is 2.22 bits per heavy atom. The minimum absolute atomic E-state index is 0.130. The quantitative estimate of drug-likeness (QED) is 0.825. The van der Waals surface area contributed by atoms with Crippen LogP contribution in [0.4, 0.5) is 0 Å². The van der Waals surface area contributed by atoms with Crippen LogP contribution in [-0.2, 0) is 16.4 Å². The molecule has 124 valence electrons. The van der Waals surface area contributed by atoms with Gasteiger partial charge in [0.2, 0.25) is 21.7 Å². The molecule has 1 atom stereocenters. The topological polar surface area (TPSA) is 76.3 Å². The van der Waals surface area contributed by atoms with E-state index in [0.29, 0.717) is 31.2 Å². The smallest absolute Gasteiger partial charge is 0.227 e. The third-order valence-corrected chi connectivity index (χ3v) is 7.55. The van der Waals surface area contributed by atoms with E-state index in [1.807, 2.05) is 16.8 Å². The number of aromatic nitrogens is 2. The maximum atomic E-state index is 12.4. The molecule has 1 aliphatic heterocycles. The number of sulfonamides is 1. The summed E-state index contributed by atoms with van der Waals surface area (Å²) in [6.07, 6.45) is 4.19. The molecule has 2 aliphatic rings. The Balaban J connectivity index is 1.42. The number of hydrogen-bond donors (Lipinski definition) is 0. The Bertz CT molecular complexity index is 766. The Morgan fingerprint density at radius 3 is 2.96 bits per heavy atom. The summed E-state index contributed by atoms with van der Waals surface area (Å²) in [4.78, 5) is 4.44. The van der Waals surface area contributed by atoms with Gasteiger partial charge < -0.3 is 4.52 Å². The van der Waals surface area contributed by atoms with Crippen LogP contribution in [0.5, 0.6) is 0 Å². The first-order chi connectivity index (χ1) is 11.1. The van der Waals surface area contributed by atoms with Crippen LogP contribution in [0.1, 0.15) is 31.6 Å². The summed E-state index contributed by atoms with van der Waals surface area (Å²) in [7, 11) is -3.08. The van der Waals surface area contributed by atoms with Gasteiger partial charge in [0.25, 0.3) is 0 Å². The largest absolute Gasteiger partial charge is 0.339 e. The van der Waals surface area contributed by atoms with Gasteiger partial charge in [-0.3, -0.25) is 0 Å². The molecule has 1 saturated heterocycles. The van der Waals surface area contributed by atoms with Crippen molar-refractivity contribution in [2.24, 2.45) is 5.92 Å². The lowest BCUT2D eigenvalue weighted by atomic mass is 9.96. The highest BCUT2D eigenvalue weighted by Crippen LogP contribution is 2.33. The summed E-state index contributed by atoms with van der Waals surface area (Å²) in [5.74, 6) is 1.47. The summed E-state index contributed by atoms with van der Waals surface area (Å²) < 4.78 is 31.8. The second-order valence-corrected chi connectivity index (χ2v) is 9.33. The van der Waals surface area contributed by atoms with E-state index in [9.17, 15) is 8.42 Å². The van der Waals surface area contributed by atoms with Gasteiger partial charge in [-0.05, 0) is 43.0 Å². The summed E-state index contributed by atoms with van der Waals surface area (Å²) in [5, 5.41) is 7.85. The molecule has 8 heteroatoms. The molecular weight excluding hydrogens is 334 g/mol. The maximum Gasteiger partial charge on any atom is 0.227 e. The van der Waals surface area contributed by atoms with Crippen molar-refractivity contribution in [1.29, 1.82) is 0 Å². The SMILES string of the molecule is O=S(=O)(C1CC1)N1CCCC(Cc2nc(-c3ccsc3)no2)C1. The molecular formula is C15H19N3O3S2. The summed E-state index contributed by atoms with van der Waals surface area (Å²) in [5.41, 5.74) is 0.964. The number of rotatable bonds is 5. The van der Waals surface area contributed by atoms with Crippen LogP contribution in [0.15, 0.2) is 21.3 Å². The molecule has 2 fully saturated rings. The van der Waals surface area contributed by atoms with Crippen LogP contribution in [-0.4, -0.2) is 41.2 Å². The Hall–Kier alpha value is -1.25. The number of nitrogens with zero attached hydrogens (tertiary/aromatic N) is 3. The molecule has 0 N–H and O–H groups in total. The molecule has 0 spiro atoms. The Kier molecular flexibility index (Phi) is 3.98. The number of hydrogen-bond acceptors (Lipinski definition) is 6. The second-order valence-electron chi connectivity index (χ2n) is 6.34. The third-order valence-electron chi connectivity index (χ3n) is 4.50. The number of thiophene rings is 1. The average Bonchev–Trinajstić information content (AvgIpc) is 3.08. The van der Waals surface area contributed by atoms with Gasteiger partial charge in [0.1, 0.15) is 0 Å². The van der Waals surface area contributed by atoms with E-state index >= 15 is 0 Å². The van der Waals surface area contributed by atoms with Gasteiger partial charge in [0.05, 0.1) is 5.25 Å². The van der Waals surface area contributed by atoms with Crippen molar-refractivity contribution < 1.29 is 12.9 Å². The standard InChI is InChI=1S/C15H19N3O3S2/c19-23(20,13-3-4-13)18-6-1-2-11(9-18)8-14-16-15(17-21-14)12-5-7-22-10-12/h5,7,10-11,13H,1-4,6,8-9H2. The van der Waals surface area contributed by atoms with Gasteiger partial charge >= 0.3 is 0 Å². The third kappa shape index (κ3) is 3.20. The highest BCUT2D eigenvalue weighted by molar-refractivity contribution is 7.90. The minimum atomic E-state index is -3.08. The normalized spacial score (nSPS) is 23.2. The van der Waals surface area contributed by atoms with E-state index in [1.165, 1.54) is 0 Å². The van der Waals surface area contributed by atoms with Crippen LogP contribution < -0.4 is 0 Å². The van der Waals surface area contributed by atoms with Gasteiger partial charge in [0.15, 0.2) is 0 Å². The van der Waals surface area contributed by atoms with Crippen molar-refractivity contribution in [3.05, 3.63) is 22.7 Å². The fraction of sp³-hybridized carbons (Fsp3) is 0.600. The Labute approximate surface area is 139 Å². The fourth-order valence-corrected chi connectivity index (χ4v) is 5.68. The maximum absolute atomic E-state index is 12.4. The molecule has 0 radical (unpaired) electrons. The van der Waals surface area contributed by atoms with E-state index < -0.39 is 10.0 Å². The first-order valence-corrected chi connectivity index (χ1v) is 10.4. The zero-order valence-electron chi connectivity index (χ0n) is 12.7. The van der Waals surface area contributed by atoms with Gasteiger partial charge in [-0.2, -0.15) is 16.3 Å². The van der Waals surface area contributed by atoms with Crippen LogP contribution in [0.2, 0.25) is 0 Å². The second kappa shape index (κ2) is 5.99. The molecule has 2 aromatic heterocycles. The van der Waals surface area contributed by atoms with E-state index in [2.05, 4.69) is 10.1 Å². The van der Waals surface area contributed by atoms with Crippen molar-refractivity contribution in [1.82, 2.24) is 14.4 Å². The Morgan fingerprint density at radius 1 is 1.35 bits per heavy atom. The highest BCUT2D eigenvalue weighted by atomic mass is 32.2. The first-order valence-electron chi connectivity index (χ1n) is 7.97. The summed E-state index contributed by atoms with van der Waals surface area (Å²) in [6.45, 7) is 1.23. The lowest BCUT2D eigenvalue weighted by Gasteiger charge is -2.31. The number of piperidine rings is 1. The molecule has 3 heterocycles. The van der Waals surface area contributed by atoms with Crippen molar-refractivity contribution >= 4 is 21.4 Å². The van der Waals surface area contributed by atoms with Crippen molar-refractivity contribution in [2.75, 3.05) is 13.1 Å². The van der Waals surface area contributed by atoms with Crippen LogP contribution in [0.25, 0.3) is 11.4 Å². The lowest BCUT2D eigenvalue weighted by Crippen LogP contribution is -2.42. The molecule has 0 bridgehead atoms. The van der Waals surface area contributed by atoms with Crippen molar-refractivity contribution in [3.8, 4) is 11.4 Å². The molecule has 6 nitrogen and oxygen atoms in total. The molecule has 4 rings (SSSR count). The van der Waals surface area contributed by atoms with E-state index in [4.69, 9.17) is 4.52 Å². The minimum Gasteiger partial charge on any atom is -0.339 e. The monoisotopic (exact) mass is 353 g/mol. The average molecular weight is 353 g/mol. The van der Waals surface area contributed by atoms with Crippen LogP contribution >= 0.6 is 11.3 Å². The first kappa shape index (κ1) is 15.3. The van der Waals surface area contributed by atoms with Gasteiger partial charge in [-0.15, -0.1) is 0 Å². The van der Waals surface area contributed by atoms with Crippen LogP contribution in [0, 0.1) is 5.92 Å². The summed E-state index contributed by atoms with van der Waals surface area (Å²) >= 11 is 1.60. The molecule has 0 amide bonds. The van der Waals surface area contributed by atoms with E-state index in [1.54, 1.807) is 15.6 Å². The predicted molar refractivity (Wildman–Crippen MR) is 87.6 cm³/mol. The lowest BCUT2D eigenvalue weighted by molar-refractivity contribution is 0.246. The zero-order chi connectivity index (χ0) is 15.9. The molecule has 2 aromatic rings. The fourth-order valence-electron chi connectivity index (χ4n) is 3.10. The molecule has 1 saturated carbocycles. The molecule has 0 aromatic carbocycles. The van der Waals surface area contributed by atoms with E-state index in [-0.39, 0.29) is 11.2 Å². The molecule has 1 unspecified atom stereocenters. The van der Waals surface area contributed by atoms with Gasteiger partial charge in [0, 0.05) is 30.5 Å². The van der Waals surface area contributed by atoms with Gasteiger partial charge in [-0.25, -0.2) is 12.7 Å². The summed E-state index contributed by atoms with van der Waals surface area (Å²) in [6, 6.07) is 1.96. The zero-order valence-corrected chi connectivity index (χ0v) is 14.4. The van der Waals surface area contributed by atoms with E-state index in [0.717, 1.165) is 31.2 Å². The van der Waals surface area contributed by atoms with Gasteiger partial charge in [-0.1, -0.05) is 5.16 Å². The highest BCUT2D eigenvalue weighted by Gasteiger charge is 2.41. The molecule has 23 heavy (non-hydrogen) atoms. The van der Waals surface area contributed by atoms with Crippen molar-refractivity contribution in [2.45, 2.75) is 37.4 Å². The van der Waals surface area contributed by atoms with Crippen molar-refractivity contribution in [3.63, 3.8) is 0 Å². The molecule has 1 aliphatic carbocycles. The van der Waals surface area contributed by atoms with Crippen LogP contribution in [0.3, 0.4) is 0 Å². The predicted octanol–water partition coefficient (Wildman–Crippen LogP) is 2.54.